The van der Waals surface area contributed by atoms with E-state index in [0.29, 0.717) is 33.2 Å². The zero-order valence-corrected chi connectivity index (χ0v) is 19.2. The van der Waals surface area contributed by atoms with Crippen LogP contribution in [0.5, 0.6) is 5.75 Å². The number of nitrogens with zero attached hydrogens (tertiary/aromatic N) is 4. The monoisotopic (exact) mass is 489 g/mol. The van der Waals surface area contributed by atoms with Crippen LogP contribution in [0.3, 0.4) is 0 Å². The molecule has 0 aliphatic heterocycles. The largest absolute Gasteiger partial charge is 0.470 e. The molecular weight excluding hydrogens is 473 g/mol. The van der Waals surface area contributed by atoms with Crippen LogP contribution in [-0.4, -0.2) is 25.5 Å². The number of amides is 1. The summed E-state index contributed by atoms with van der Waals surface area (Å²) in [6.07, 6.45) is 1.63. The number of hydrogen-bond donors (Lipinski definition) is 1. The molecule has 0 unspecified atom stereocenters. The first-order valence-electron chi connectivity index (χ1n) is 9.60. The molecule has 0 fully saturated rings. The van der Waals surface area contributed by atoms with Gasteiger partial charge in [0.15, 0.2) is 18.2 Å². The number of halogens is 3. The molecule has 0 spiro atoms. The lowest BCUT2D eigenvalue weighted by Crippen LogP contribution is -2.15. The van der Waals surface area contributed by atoms with Gasteiger partial charge in [-0.15, -0.1) is 0 Å². The van der Waals surface area contributed by atoms with E-state index in [4.69, 9.17) is 39.5 Å². The minimum Gasteiger partial charge on any atom is -0.470 e. The highest BCUT2D eigenvalue weighted by atomic mass is 35.5. The van der Waals surface area contributed by atoms with Gasteiger partial charge in [-0.25, -0.2) is 4.68 Å². The molecule has 0 atom stereocenters. The van der Waals surface area contributed by atoms with Crippen molar-refractivity contribution in [3.8, 4) is 5.75 Å². The van der Waals surface area contributed by atoms with Crippen LogP contribution in [0.25, 0.3) is 0 Å². The predicted octanol–water partition coefficient (Wildman–Crippen LogP) is 5.69. The SMILES string of the molecule is Cc1cc(NC(=O)c2ccn(COc3cccc(Cl)c3Cl)n2)nn1Cc1ccccc1Cl. The molecule has 1 N–H and O–H groups in total. The Balaban J connectivity index is 1.39. The third-order valence-electron chi connectivity index (χ3n) is 4.64. The Morgan fingerprint density at radius 2 is 1.81 bits per heavy atom. The zero-order chi connectivity index (χ0) is 22.7. The van der Waals surface area contributed by atoms with Gasteiger partial charge in [0.05, 0.1) is 11.6 Å². The van der Waals surface area contributed by atoms with E-state index in [1.165, 1.54) is 4.68 Å². The van der Waals surface area contributed by atoms with Crippen LogP contribution >= 0.6 is 34.8 Å². The van der Waals surface area contributed by atoms with Gasteiger partial charge < -0.3 is 10.1 Å². The van der Waals surface area contributed by atoms with Crippen molar-refractivity contribution in [2.45, 2.75) is 20.2 Å². The lowest BCUT2D eigenvalue weighted by molar-refractivity contribution is 0.101. The van der Waals surface area contributed by atoms with Gasteiger partial charge in [-0.2, -0.15) is 10.2 Å². The molecular formula is C22H18Cl3N5O2. The van der Waals surface area contributed by atoms with Gasteiger partial charge in [-0.3, -0.25) is 9.48 Å². The summed E-state index contributed by atoms with van der Waals surface area (Å²) < 4.78 is 8.88. The summed E-state index contributed by atoms with van der Waals surface area (Å²) in [5.74, 6) is 0.475. The lowest BCUT2D eigenvalue weighted by Gasteiger charge is -2.08. The summed E-state index contributed by atoms with van der Waals surface area (Å²) in [6.45, 7) is 2.48. The molecule has 0 saturated heterocycles. The van der Waals surface area contributed by atoms with Crippen LogP contribution in [0, 0.1) is 6.92 Å². The zero-order valence-electron chi connectivity index (χ0n) is 16.9. The summed E-state index contributed by atoms with van der Waals surface area (Å²) in [6, 6.07) is 16.0. The number of carbonyl (C=O) groups excluding carboxylic acids is 1. The van der Waals surface area contributed by atoms with Crippen molar-refractivity contribution in [1.29, 1.82) is 0 Å². The summed E-state index contributed by atoms with van der Waals surface area (Å²) >= 11 is 18.3. The number of ether oxygens (including phenoxy) is 1. The van der Waals surface area contributed by atoms with Crippen molar-refractivity contribution in [2.24, 2.45) is 0 Å². The molecule has 0 aliphatic rings. The quantitative estimate of drug-likeness (QED) is 0.361. The number of carbonyl (C=O) groups is 1. The highest BCUT2D eigenvalue weighted by molar-refractivity contribution is 6.42. The Labute approximate surface area is 199 Å². The van der Waals surface area contributed by atoms with Crippen molar-refractivity contribution >= 4 is 46.5 Å². The molecule has 2 heterocycles. The summed E-state index contributed by atoms with van der Waals surface area (Å²) in [5, 5.41) is 12.8. The number of benzene rings is 2. The van der Waals surface area contributed by atoms with Gasteiger partial charge in [-0.1, -0.05) is 59.1 Å². The number of aryl methyl sites for hydroxylation is 1. The Hall–Kier alpha value is -3.00. The molecule has 10 heteroatoms. The minimum absolute atomic E-state index is 0.0684. The van der Waals surface area contributed by atoms with Crippen LogP contribution in [0.4, 0.5) is 5.82 Å². The smallest absolute Gasteiger partial charge is 0.277 e. The third-order valence-corrected chi connectivity index (χ3v) is 5.81. The Morgan fingerprint density at radius 3 is 2.62 bits per heavy atom. The molecule has 0 saturated carbocycles. The molecule has 4 rings (SSSR count). The summed E-state index contributed by atoms with van der Waals surface area (Å²) in [7, 11) is 0. The molecule has 0 radical (unpaired) electrons. The second kappa shape index (κ2) is 9.65. The van der Waals surface area contributed by atoms with Gasteiger partial charge in [0.2, 0.25) is 0 Å². The molecule has 164 valence electrons. The average molecular weight is 491 g/mol. The molecule has 2 aromatic heterocycles. The highest BCUT2D eigenvalue weighted by Crippen LogP contribution is 2.31. The average Bonchev–Trinajstić information content (AvgIpc) is 3.37. The van der Waals surface area contributed by atoms with E-state index < -0.39 is 0 Å². The Bertz CT molecular complexity index is 1270. The van der Waals surface area contributed by atoms with Crippen LogP contribution in [0.1, 0.15) is 21.7 Å². The van der Waals surface area contributed by atoms with E-state index in [0.717, 1.165) is 11.3 Å². The van der Waals surface area contributed by atoms with E-state index in [1.807, 2.05) is 31.2 Å². The molecule has 1 amide bonds. The van der Waals surface area contributed by atoms with Crippen molar-refractivity contribution in [1.82, 2.24) is 19.6 Å². The van der Waals surface area contributed by atoms with Crippen LogP contribution in [0.15, 0.2) is 60.8 Å². The number of nitrogens with one attached hydrogen (secondary N) is 1. The van der Waals surface area contributed by atoms with E-state index in [9.17, 15) is 4.79 Å². The fraction of sp³-hybridized carbons (Fsp3) is 0.136. The standard InChI is InChI=1S/C22H18Cl3N5O2/c1-14-11-20(28-30(14)12-15-5-2-3-6-16(15)23)26-22(31)18-9-10-29(27-18)13-32-19-8-4-7-17(24)21(19)25/h2-11H,12-13H2,1H3,(H,26,28,31). The molecule has 0 bridgehead atoms. The number of hydrogen-bond acceptors (Lipinski definition) is 4. The van der Waals surface area contributed by atoms with Crippen molar-refractivity contribution < 1.29 is 9.53 Å². The Kier molecular flexibility index (Phi) is 6.69. The molecule has 32 heavy (non-hydrogen) atoms. The highest BCUT2D eigenvalue weighted by Gasteiger charge is 2.14. The maximum atomic E-state index is 12.6. The number of rotatable bonds is 7. The first kappa shape index (κ1) is 22.2. The predicted molar refractivity (Wildman–Crippen MR) is 125 cm³/mol. The maximum Gasteiger partial charge on any atom is 0.277 e. The van der Waals surface area contributed by atoms with Crippen LogP contribution in [-0.2, 0) is 13.3 Å². The minimum atomic E-state index is -0.382. The molecule has 4 aromatic rings. The van der Waals surface area contributed by atoms with E-state index in [-0.39, 0.29) is 18.3 Å². The van der Waals surface area contributed by atoms with E-state index >= 15 is 0 Å². The fourth-order valence-electron chi connectivity index (χ4n) is 2.99. The third kappa shape index (κ3) is 5.07. The first-order valence-corrected chi connectivity index (χ1v) is 10.7. The second-order valence-electron chi connectivity index (χ2n) is 6.94. The number of aromatic nitrogens is 4. The van der Waals surface area contributed by atoms with E-state index in [1.54, 1.807) is 41.2 Å². The lowest BCUT2D eigenvalue weighted by atomic mass is 10.2. The van der Waals surface area contributed by atoms with Crippen LogP contribution in [0.2, 0.25) is 15.1 Å². The fourth-order valence-corrected chi connectivity index (χ4v) is 3.53. The van der Waals surface area contributed by atoms with Gasteiger partial charge in [-0.05, 0) is 36.8 Å². The number of anilines is 1. The van der Waals surface area contributed by atoms with Crippen molar-refractivity contribution in [3.05, 3.63) is 92.8 Å². The van der Waals surface area contributed by atoms with Crippen molar-refractivity contribution in [2.75, 3.05) is 5.32 Å². The summed E-state index contributed by atoms with van der Waals surface area (Å²) in [4.78, 5) is 12.6. The van der Waals surface area contributed by atoms with Gasteiger partial charge in [0.1, 0.15) is 10.8 Å². The summed E-state index contributed by atoms with van der Waals surface area (Å²) in [5.41, 5.74) is 2.05. The topological polar surface area (TPSA) is 74.0 Å². The van der Waals surface area contributed by atoms with E-state index in [2.05, 4.69) is 15.5 Å². The Morgan fingerprint density at radius 1 is 1.03 bits per heavy atom. The second-order valence-corrected chi connectivity index (χ2v) is 8.13. The van der Waals surface area contributed by atoms with Crippen LogP contribution < -0.4 is 10.1 Å². The first-order chi connectivity index (χ1) is 15.4. The molecule has 0 aliphatic carbocycles. The molecule has 7 nitrogen and oxygen atoms in total. The van der Waals surface area contributed by atoms with Gasteiger partial charge >= 0.3 is 0 Å². The maximum absolute atomic E-state index is 12.6. The van der Waals surface area contributed by atoms with Gasteiger partial charge in [0.25, 0.3) is 5.91 Å². The normalized spacial score (nSPS) is 10.9. The van der Waals surface area contributed by atoms with Gasteiger partial charge in [0, 0.05) is 23.0 Å². The molecule has 2 aromatic carbocycles. The van der Waals surface area contributed by atoms with Crippen molar-refractivity contribution in [3.63, 3.8) is 0 Å².